The summed E-state index contributed by atoms with van der Waals surface area (Å²) in [5.41, 5.74) is 1.31. The number of hydrogen-bond acceptors (Lipinski definition) is 3. The lowest BCUT2D eigenvalue weighted by molar-refractivity contribution is 0.441. The molecule has 1 aliphatic carbocycles. The molecule has 3 heteroatoms. The summed E-state index contributed by atoms with van der Waals surface area (Å²) in [6.07, 6.45) is 9.55. The Kier molecular flexibility index (Phi) is 3.25. The topological polar surface area (TPSA) is 24.9 Å². The van der Waals surface area contributed by atoms with Crippen LogP contribution in [0.1, 0.15) is 67.6 Å². The molecule has 0 aromatic carbocycles. The van der Waals surface area contributed by atoms with E-state index in [2.05, 4.69) is 10.7 Å². The first-order valence-corrected chi connectivity index (χ1v) is 7.50. The van der Waals surface area contributed by atoms with Crippen molar-refractivity contribution >= 4 is 11.3 Å². The fourth-order valence-electron chi connectivity index (χ4n) is 2.93. The summed E-state index contributed by atoms with van der Waals surface area (Å²) in [4.78, 5) is 4.87. The molecule has 0 bridgehead atoms. The molecule has 1 saturated heterocycles. The van der Waals surface area contributed by atoms with Crippen LogP contribution in [0.5, 0.6) is 0 Å². The van der Waals surface area contributed by atoms with Gasteiger partial charge in [0.15, 0.2) is 0 Å². The summed E-state index contributed by atoms with van der Waals surface area (Å²) in [7, 11) is 0. The van der Waals surface area contributed by atoms with Gasteiger partial charge in [0.1, 0.15) is 0 Å². The third-order valence-electron chi connectivity index (χ3n) is 3.91. The molecular weight excluding hydrogens is 216 g/mol. The lowest BCUT2D eigenvalue weighted by Gasteiger charge is -2.19. The Bertz CT molecular complexity index is 335. The van der Waals surface area contributed by atoms with Crippen molar-refractivity contribution in [1.82, 2.24) is 10.3 Å². The van der Waals surface area contributed by atoms with Gasteiger partial charge in [-0.05, 0) is 32.2 Å². The minimum Gasteiger partial charge on any atom is -0.309 e. The van der Waals surface area contributed by atoms with Gasteiger partial charge in [0.05, 0.1) is 16.7 Å². The molecule has 1 aromatic heterocycles. The molecule has 2 heterocycles. The lowest BCUT2D eigenvalue weighted by atomic mass is 9.90. The Balaban J connectivity index is 1.71. The van der Waals surface area contributed by atoms with Gasteiger partial charge in [-0.3, -0.25) is 0 Å². The van der Waals surface area contributed by atoms with Gasteiger partial charge < -0.3 is 5.32 Å². The fourth-order valence-corrected chi connectivity index (χ4v) is 3.98. The Labute approximate surface area is 101 Å². The Morgan fingerprint density at radius 3 is 2.75 bits per heavy atom. The van der Waals surface area contributed by atoms with Gasteiger partial charge in [-0.15, -0.1) is 11.3 Å². The zero-order chi connectivity index (χ0) is 10.8. The zero-order valence-corrected chi connectivity index (χ0v) is 10.6. The summed E-state index contributed by atoms with van der Waals surface area (Å²) in [6.45, 7) is 1.17. The number of aromatic nitrogens is 1. The summed E-state index contributed by atoms with van der Waals surface area (Å²) >= 11 is 1.89. The molecule has 1 N–H and O–H groups in total. The smallest absolute Gasteiger partial charge is 0.0959 e. The molecule has 2 fully saturated rings. The van der Waals surface area contributed by atoms with E-state index >= 15 is 0 Å². The molecule has 0 unspecified atom stereocenters. The van der Waals surface area contributed by atoms with Gasteiger partial charge in [-0.1, -0.05) is 19.3 Å². The van der Waals surface area contributed by atoms with Crippen LogP contribution in [0.15, 0.2) is 5.38 Å². The van der Waals surface area contributed by atoms with Gasteiger partial charge in [0.2, 0.25) is 0 Å². The minimum absolute atomic E-state index is 0.550. The number of hydrogen-bond donors (Lipinski definition) is 1. The Morgan fingerprint density at radius 2 is 2.00 bits per heavy atom. The van der Waals surface area contributed by atoms with Crippen LogP contribution in [0.2, 0.25) is 0 Å². The maximum Gasteiger partial charge on any atom is 0.0959 e. The third kappa shape index (κ3) is 2.16. The van der Waals surface area contributed by atoms with E-state index in [1.165, 1.54) is 62.2 Å². The summed E-state index contributed by atoms with van der Waals surface area (Å²) in [5.74, 6) is 0.772. The van der Waals surface area contributed by atoms with Crippen molar-refractivity contribution in [2.75, 3.05) is 6.54 Å². The van der Waals surface area contributed by atoms with E-state index in [1.54, 1.807) is 0 Å². The summed E-state index contributed by atoms with van der Waals surface area (Å²) < 4.78 is 0. The quantitative estimate of drug-likeness (QED) is 0.848. The molecule has 1 saturated carbocycles. The summed E-state index contributed by atoms with van der Waals surface area (Å²) in [6, 6.07) is 0.550. The first kappa shape index (κ1) is 10.7. The maximum absolute atomic E-state index is 4.87. The van der Waals surface area contributed by atoms with Crippen molar-refractivity contribution in [3.8, 4) is 0 Å². The maximum atomic E-state index is 4.87. The van der Waals surface area contributed by atoms with Crippen LogP contribution in [0.25, 0.3) is 0 Å². The van der Waals surface area contributed by atoms with Crippen LogP contribution in [-0.2, 0) is 0 Å². The Morgan fingerprint density at radius 1 is 1.12 bits per heavy atom. The minimum atomic E-state index is 0.550. The van der Waals surface area contributed by atoms with Crippen molar-refractivity contribution in [2.45, 2.75) is 56.9 Å². The van der Waals surface area contributed by atoms with Gasteiger partial charge in [-0.2, -0.15) is 0 Å². The second-order valence-corrected chi connectivity index (χ2v) is 5.98. The molecule has 0 amide bonds. The van der Waals surface area contributed by atoms with E-state index in [-0.39, 0.29) is 0 Å². The molecule has 1 atom stereocenters. The van der Waals surface area contributed by atoms with Crippen molar-refractivity contribution < 1.29 is 0 Å². The average Bonchev–Trinajstić information content (AvgIpc) is 3.01. The van der Waals surface area contributed by atoms with Crippen molar-refractivity contribution in [2.24, 2.45) is 0 Å². The number of nitrogens with zero attached hydrogens (tertiary/aromatic N) is 1. The molecule has 0 spiro atoms. The monoisotopic (exact) mass is 236 g/mol. The van der Waals surface area contributed by atoms with E-state index in [1.807, 2.05) is 11.3 Å². The zero-order valence-electron chi connectivity index (χ0n) is 9.74. The van der Waals surface area contributed by atoms with Crippen molar-refractivity contribution in [1.29, 1.82) is 0 Å². The van der Waals surface area contributed by atoms with Crippen molar-refractivity contribution in [3.05, 3.63) is 16.1 Å². The molecule has 2 nitrogen and oxygen atoms in total. The van der Waals surface area contributed by atoms with Crippen LogP contribution >= 0.6 is 11.3 Å². The second-order valence-electron chi connectivity index (χ2n) is 5.09. The van der Waals surface area contributed by atoms with E-state index < -0.39 is 0 Å². The third-order valence-corrected chi connectivity index (χ3v) is 4.94. The average molecular weight is 236 g/mol. The lowest BCUT2D eigenvalue weighted by Crippen LogP contribution is -2.13. The number of thiazole rings is 1. The predicted molar refractivity (Wildman–Crippen MR) is 67.9 cm³/mol. The highest BCUT2D eigenvalue weighted by Crippen LogP contribution is 2.35. The number of nitrogens with one attached hydrogen (secondary N) is 1. The second kappa shape index (κ2) is 4.84. The van der Waals surface area contributed by atoms with E-state index in [9.17, 15) is 0 Å². The number of rotatable bonds is 2. The normalized spacial score (nSPS) is 27.4. The van der Waals surface area contributed by atoms with Crippen LogP contribution in [0.3, 0.4) is 0 Å². The highest BCUT2D eigenvalue weighted by molar-refractivity contribution is 7.09. The van der Waals surface area contributed by atoms with Gasteiger partial charge >= 0.3 is 0 Å². The SMILES string of the molecule is c1sc(C2CCCCC2)nc1[C@@H]1CCCN1. The van der Waals surface area contributed by atoms with E-state index in [0.717, 1.165) is 5.92 Å². The molecule has 2 aliphatic rings. The summed E-state index contributed by atoms with van der Waals surface area (Å²) in [5, 5.41) is 7.22. The molecule has 16 heavy (non-hydrogen) atoms. The van der Waals surface area contributed by atoms with Crippen LogP contribution in [0.4, 0.5) is 0 Å². The largest absolute Gasteiger partial charge is 0.309 e. The van der Waals surface area contributed by atoms with Gasteiger partial charge in [0.25, 0.3) is 0 Å². The first-order valence-electron chi connectivity index (χ1n) is 6.62. The molecule has 0 radical (unpaired) electrons. The highest BCUT2D eigenvalue weighted by Gasteiger charge is 2.22. The van der Waals surface area contributed by atoms with Gasteiger partial charge in [0, 0.05) is 11.3 Å². The molecule has 1 aliphatic heterocycles. The van der Waals surface area contributed by atoms with Crippen LogP contribution in [0, 0.1) is 0 Å². The van der Waals surface area contributed by atoms with Crippen LogP contribution in [-0.4, -0.2) is 11.5 Å². The van der Waals surface area contributed by atoms with Crippen molar-refractivity contribution in [3.63, 3.8) is 0 Å². The Hall–Kier alpha value is -0.410. The first-order chi connectivity index (χ1) is 7.93. The standard InChI is InChI=1S/C13H20N2S/c1-2-5-10(6-3-1)13-15-12(9-16-13)11-7-4-8-14-11/h9-11,14H,1-8H2/t11-/m0/s1. The fraction of sp³-hybridized carbons (Fsp3) is 0.769. The molecule has 3 rings (SSSR count). The van der Waals surface area contributed by atoms with Gasteiger partial charge in [-0.25, -0.2) is 4.98 Å². The van der Waals surface area contributed by atoms with E-state index in [0.29, 0.717) is 6.04 Å². The predicted octanol–water partition coefficient (Wildman–Crippen LogP) is 3.62. The highest BCUT2D eigenvalue weighted by atomic mass is 32.1. The molecule has 1 aromatic rings. The molecular formula is C13H20N2S. The van der Waals surface area contributed by atoms with E-state index in [4.69, 9.17) is 4.98 Å². The van der Waals surface area contributed by atoms with Crippen LogP contribution < -0.4 is 5.32 Å². The molecule has 88 valence electrons.